The molecule has 0 radical (unpaired) electrons. The number of nitrogens with zero attached hydrogens (tertiary/aromatic N) is 3. The van der Waals surface area contributed by atoms with Gasteiger partial charge in [-0.2, -0.15) is 0 Å². The van der Waals surface area contributed by atoms with Crippen molar-refractivity contribution in [2.45, 2.75) is 51.7 Å². The predicted molar refractivity (Wildman–Crippen MR) is 63.6 cm³/mol. The summed E-state index contributed by atoms with van der Waals surface area (Å²) in [6, 6.07) is 0. The maximum absolute atomic E-state index is 9.27. The fourth-order valence-electron chi connectivity index (χ4n) is 2.22. The number of rotatable bonds is 7. The lowest BCUT2D eigenvalue weighted by molar-refractivity contribution is 0.140. The van der Waals surface area contributed by atoms with E-state index in [4.69, 9.17) is 4.74 Å². The Balaban J connectivity index is 1.97. The quantitative estimate of drug-likeness (QED) is 0.732. The molecule has 0 bridgehead atoms. The van der Waals surface area contributed by atoms with Gasteiger partial charge in [0, 0.05) is 25.7 Å². The summed E-state index contributed by atoms with van der Waals surface area (Å²) in [7, 11) is 0. The number of hydrogen-bond acceptors (Lipinski definition) is 4. The maximum Gasteiger partial charge on any atom is 0.112 e. The maximum atomic E-state index is 9.27. The molecule has 5 nitrogen and oxygen atoms in total. The smallest absolute Gasteiger partial charge is 0.112 e. The van der Waals surface area contributed by atoms with Gasteiger partial charge in [0.1, 0.15) is 5.69 Å². The first-order chi connectivity index (χ1) is 8.36. The molecule has 1 saturated carbocycles. The number of ether oxygens (including phenoxy) is 1. The molecule has 5 heteroatoms. The van der Waals surface area contributed by atoms with E-state index in [0.717, 1.165) is 37.6 Å². The van der Waals surface area contributed by atoms with Crippen molar-refractivity contribution >= 4 is 0 Å². The van der Waals surface area contributed by atoms with Gasteiger partial charge in [0.15, 0.2) is 0 Å². The molecule has 1 heterocycles. The minimum atomic E-state index is -0.00269. The van der Waals surface area contributed by atoms with Crippen molar-refractivity contribution in [3.05, 3.63) is 11.4 Å². The Labute approximate surface area is 102 Å². The molecular formula is C12H21N3O2. The second-order valence-corrected chi connectivity index (χ2v) is 4.48. The van der Waals surface area contributed by atoms with Crippen molar-refractivity contribution in [3.8, 4) is 0 Å². The second kappa shape index (κ2) is 6.12. The number of aromatic nitrogens is 3. The normalized spacial score (nSPS) is 16.1. The lowest BCUT2D eigenvalue weighted by Crippen LogP contribution is -2.17. The molecule has 0 aromatic carbocycles. The predicted octanol–water partition coefficient (Wildman–Crippen LogP) is 1.46. The Bertz CT molecular complexity index is 348. The van der Waals surface area contributed by atoms with Gasteiger partial charge in [0.25, 0.3) is 0 Å². The molecule has 1 aromatic rings. The molecule has 0 atom stereocenters. The molecule has 96 valence electrons. The molecule has 1 aromatic heterocycles. The Morgan fingerprint density at radius 3 is 2.88 bits per heavy atom. The summed E-state index contributed by atoms with van der Waals surface area (Å²) in [5.41, 5.74) is 1.90. The molecule has 2 rings (SSSR count). The second-order valence-electron chi connectivity index (χ2n) is 4.48. The van der Waals surface area contributed by atoms with E-state index in [-0.39, 0.29) is 6.61 Å². The van der Waals surface area contributed by atoms with Crippen LogP contribution in [0.4, 0.5) is 0 Å². The van der Waals surface area contributed by atoms with Crippen LogP contribution in [0.5, 0.6) is 0 Å². The van der Waals surface area contributed by atoms with Gasteiger partial charge >= 0.3 is 0 Å². The molecule has 1 fully saturated rings. The Morgan fingerprint density at radius 2 is 2.29 bits per heavy atom. The average Bonchev–Trinajstić information content (AvgIpc) is 2.66. The van der Waals surface area contributed by atoms with Crippen LogP contribution >= 0.6 is 0 Å². The highest BCUT2D eigenvalue weighted by atomic mass is 16.5. The van der Waals surface area contributed by atoms with Crippen LogP contribution in [0.25, 0.3) is 0 Å². The summed E-state index contributed by atoms with van der Waals surface area (Å²) in [4.78, 5) is 0. The fraction of sp³-hybridized carbons (Fsp3) is 0.833. The molecule has 1 N–H and O–H groups in total. The molecule has 0 saturated heterocycles. The van der Waals surface area contributed by atoms with Crippen LogP contribution in [-0.2, 0) is 17.9 Å². The molecule has 0 aliphatic heterocycles. The van der Waals surface area contributed by atoms with Gasteiger partial charge < -0.3 is 9.84 Å². The van der Waals surface area contributed by atoms with Crippen LogP contribution in [0.15, 0.2) is 0 Å². The van der Waals surface area contributed by atoms with Crippen LogP contribution in [0.2, 0.25) is 0 Å². The van der Waals surface area contributed by atoms with Gasteiger partial charge in [-0.3, -0.25) is 0 Å². The molecule has 0 spiro atoms. The topological polar surface area (TPSA) is 60.2 Å². The Kier molecular flexibility index (Phi) is 4.50. The molecular weight excluding hydrogens is 218 g/mol. The number of aryl methyl sites for hydroxylation is 1. The number of aliphatic hydroxyl groups is 1. The van der Waals surface area contributed by atoms with Crippen LogP contribution in [-0.4, -0.2) is 33.3 Å². The van der Waals surface area contributed by atoms with E-state index in [0.29, 0.717) is 5.92 Å². The minimum Gasteiger partial charge on any atom is -0.390 e. The standard InChI is InChI=1S/C12H21N3O2/c1-2-17-8-4-7-15-12(10-5-3-6-10)11(9-16)13-14-15/h10,16H,2-9H2,1H3. The van der Waals surface area contributed by atoms with Crippen molar-refractivity contribution in [1.82, 2.24) is 15.0 Å². The lowest BCUT2D eigenvalue weighted by Gasteiger charge is -2.26. The van der Waals surface area contributed by atoms with E-state index in [1.165, 1.54) is 19.3 Å². The van der Waals surface area contributed by atoms with Gasteiger partial charge in [-0.05, 0) is 26.2 Å². The molecule has 0 unspecified atom stereocenters. The molecule has 1 aliphatic rings. The van der Waals surface area contributed by atoms with Crippen LogP contribution in [0, 0.1) is 0 Å². The van der Waals surface area contributed by atoms with Crippen molar-refractivity contribution in [3.63, 3.8) is 0 Å². The van der Waals surface area contributed by atoms with Crippen LogP contribution < -0.4 is 0 Å². The minimum absolute atomic E-state index is 0.00269. The highest BCUT2D eigenvalue weighted by Crippen LogP contribution is 2.37. The van der Waals surface area contributed by atoms with E-state index >= 15 is 0 Å². The van der Waals surface area contributed by atoms with Crippen molar-refractivity contribution in [2.75, 3.05) is 13.2 Å². The zero-order chi connectivity index (χ0) is 12.1. The molecule has 1 aliphatic carbocycles. The number of aliphatic hydroxyl groups excluding tert-OH is 1. The Morgan fingerprint density at radius 1 is 1.47 bits per heavy atom. The fourth-order valence-corrected chi connectivity index (χ4v) is 2.22. The highest BCUT2D eigenvalue weighted by molar-refractivity contribution is 5.17. The summed E-state index contributed by atoms with van der Waals surface area (Å²) in [5, 5.41) is 17.5. The third kappa shape index (κ3) is 2.84. The lowest BCUT2D eigenvalue weighted by atomic mass is 9.82. The van der Waals surface area contributed by atoms with Crippen molar-refractivity contribution in [1.29, 1.82) is 0 Å². The Hall–Kier alpha value is -0.940. The summed E-state index contributed by atoms with van der Waals surface area (Å²) in [6.45, 7) is 4.35. The third-order valence-electron chi connectivity index (χ3n) is 3.35. The first-order valence-electron chi connectivity index (χ1n) is 6.47. The van der Waals surface area contributed by atoms with E-state index in [2.05, 4.69) is 10.3 Å². The van der Waals surface area contributed by atoms with Crippen LogP contribution in [0.3, 0.4) is 0 Å². The first kappa shape index (κ1) is 12.5. The van der Waals surface area contributed by atoms with Gasteiger partial charge in [-0.1, -0.05) is 11.6 Å². The average molecular weight is 239 g/mol. The molecule has 17 heavy (non-hydrogen) atoms. The van der Waals surface area contributed by atoms with E-state index < -0.39 is 0 Å². The highest BCUT2D eigenvalue weighted by Gasteiger charge is 2.27. The van der Waals surface area contributed by atoms with Gasteiger partial charge in [-0.25, -0.2) is 4.68 Å². The van der Waals surface area contributed by atoms with E-state index in [9.17, 15) is 5.11 Å². The van der Waals surface area contributed by atoms with E-state index in [1.807, 2.05) is 11.6 Å². The molecule has 0 amide bonds. The van der Waals surface area contributed by atoms with Gasteiger partial charge in [-0.15, -0.1) is 5.10 Å². The van der Waals surface area contributed by atoms with Crippen LogP contribution in [0.1, 0.15) is 49.9 Å². The summed E-state index contributed by atoms with van der Waals surface area (Å²) in [5.74, 6) is 0.555. The monoisotopic (exact) mass is 239 g/mol. The largest absolute Gasteiger partial charge is 0.390 e. The zero-order valence-electron chi connectivity index (χ0n) is 10.4. The summed E-state index contributed by atoms with van der Waals surface area (Å²) >= 11 is 0. The van der Waals surface area contributed by atoms with Crippen molar-refractivity contribution in [2.24, 2.45) is 0 Å². The van der Waals surface area contributed by atoms with Crippen molar-refractivity contribution < 1.29 is 9.84 Å². The van der Waals surface area contributed by atoms with Gasteiger partial charge in [0.05, 0.1) is 12.3 Å². The third-order valence-corrected chi connectivity index (χ3v) is 3.35. The summed E-state index contributed by atoms with van der Waals surface area (Å²) < 4.78 is 7.27. The van der Waals surface area contributed by atoms with E-state index in [1.54, 1.807) is 0 Å². The summed E-state index contributed by atoms with van der Waals surface area (Å²) in [6.07, 6.45) is 4.62. The SMILES string of the molecule is CCOCCCn1nnc(CO)c1C1CCC1. The zero-order valence-corrected chi connectivity index (χ0v) is 10.4. The first-order valence-corrected chi connectivity index (χ1v) is 6.47. The van der Waals surface area contributed by atoms with Gasteiger partial charge in [0.2, 0.25) is 0 Å². The number of hydrogen-bond donors (Lipinski definition) is 1.